The van der Waals surface area contributed by atoms with Crippen LogP contribution >= 0.6 is 0 Å². The summed E-state index contributed by atoms with van der Waals surface area (Å²) in [7, 11) is 1.62. The van der Waals surface area contributed by atoms with Crippen molar-refractivity contribution in [1.82, 2.24) is 0 Å². The Labute approximate surface area is 95.3 Å². The molecule has 4 nitrogen and oxygen atoms in total. The second-order valence-corrected chi connectivity index (χ2v) is 3.38. The van der Waals surface area contributed by atoms with Gasteiger partial charge in [0, 0.05) is 26.7 Å². The lowest BCUT2D eigenvalue weighted by Gasteiger charge is -2.04. The van der Waals surface area contributed by atoms with Crippen molar-refractivity contribution in [3.63, 3.8) is 0 Å². The molecule has 0 saturated heterocycles. The highest BCUT2D eigenvalue weighted by molar-refractivity contribution is 5.89. The van der Waals surface area contributed by atoms with E-state index in [4.69, 9.17) is 15.2 Å². The molecule has 0 aliphatic carbocycles. The molecule has 1 rings (SSSR count). The highest BCUT2D eigenvalue weighted by Gasteiger charge is 2.05. The summed E-state index contributed by atoms with van der Waals surface area (Å²) in [6, 6.07) is 7.10. The summed E-state index contributed by atoms with van der Waals surface area (Å²) in [5.74, 6) is -0.306. The van der Waals surface area contributed by atoms with Crippen LogP contribution in [0, 0.1) is 0 Å². The molecule has 4 heteroatoms. The van der Waals surface area contributed by atoms with Gasteiger partial charge in [0.15, 0.2) is 0 Å². The Kier molecular flexibility index (Phi) is 5.53. The molecule has 2 N–H and O–H groups in total. The van der Waals surface area contributed by atoms with Crippen LogP contribution in [0.15, 0.2) is 24.3 Å². The van der Waals surface area contributed by atoms with Gasteiger partial charge in [-0.3, -0.25) is 0 Å². The first kappa shape index (κ1) is 12.7. The fourth-order valence-electron chi connectivity index (χ4n) is 1.23. The van der Waals surface area contributed by atoms with Crippen LogP contribution in [0.5, 0.6) is 0 Å². The quantitative estimate of drug-likeness (QED) is 0.584. The van der Waals surface area contributed by atoms with Crippen LogP contribution in [0.2, 0.25) is 0 Å². The molecule has 0 aliphatic heterocycles. The first-order valence-corrected chi connectivity index (χ1v) is 5.23. The van der Waals surface area contributed by atoms with Gasteiger partial charge in [0.05, 0.1) is 12.2 Å². The molecule has 0 heterocycles. The Bertz CT molecular complexity index is 322. The van der Waals surface area contributed by atoms with Crippen molar-refractivity contribution in [2.45, 2.75) is 13.0 Å². The van der Waals surface area contributed by atoms with E-state index in [1.54, 1.807) is 19.2 Å². The minimum atomic E-state index is -0.306. The number of benzene rings is 1. The number of rotatable bonds is 6. The summed E-state index contributed by atoms with van der Waals surface area (Å²) in [6.07, 6.45) is 0.711. The molecule has 1 aromatic carbocycles. The van der Waals surface area contributed by atoms with Gasteiger partial charge in [0.25, 0.3) is 0 Å². The molecular formula is C12H17NO3. The minimum absolute atomic E-state index is 0.306. The zero-order valence-corrected chi connectivity index (χ0v) is 9.44. The molecule has 16 heavy (non-hydrogen) atoms. The summed E-state index contributed by atoms with van der Waals surface area (Å²) in [5, 5.41) is 0. The monoisotopic (exact) mass is 223 g/mol. The lowest BCUT2D eigenvalue weighted by molar-refractivity contribution is 0.0468. The lowest BCUT2D eigenvalue weighted by Crippen LogP contribution is -2.08. The maximum absolute atomic E-state index is 11.5. The number of hydrogen-bond donors (Lipinski definition) is 1. The van der Waals surface area contributed by atoms with Gasteiger partial charge in [-0.1, -0.05) is 12.1 Å². The predicted octanol–water partition coefficient (Wildman–Crippen LogP) is 1.34. The van der Waals surface area contributed by atoms with Gasteiger partial charge in [0.2, 0.25) is 0 Å². The number of carbonyl (C=O) groups is 1. The third-order valence-corrected chi connectivity index (χ3v) is 2.15. The normalized spacial score (nSPS) is 10.1. The standard InChI is InChI=1S/C12H17NO3/c1-15-7-2-8-16-12(14)11-5-3-10(9-13)4-6-11/h3-6H,2,7-9,13H2,1H3. The van der Waals surface area contributed by atoms with Gasteiger partial charge in [-0.05, 0) is 17.7 Å². The van der Waals surface area contributed by atoms with Gasteiger partial charge in [-0.2, -0.15) is 0 Å². The second kappa shape index (κ2) is 6.98. The van der Waals surface area contributed by atoms with Crippen molar-refractivity contribution in [3.05, 3.63) is 35.4 Å². The van der Waals surface area contributed by atoms with Gasteiger partial charge < -0.3 is 15.2 Å². The predicted molar refractivity (Wildman–Crippen MR) is 61.1 cm³/mol. The van der Waals surface area contributed by atoms with Gasteiger partial charge >= 0.3 is 5.97 Å². The van der Waals surface area contributed by atoms with E-state index in [2.05, 4.69) is 0 Å². The molecular weight excluding hydrogens is 206 g/mol. The van der Waals surface area contributed by atoms with Gasteiger partial charge in [0.1, 0.15) is 0 Å². The summed E-state index contributed by atoms with van der Waals surface area (Å²) >= 11 is 0. The molecule has 0 fully saturated rings. The lowest BCUT2D eigenvalue weighted by atomic mass is 10.1. The van der Waals surface area contributed by atoms with Crippen LogP contribution in [0.4, 0.5) is 0 Å². The van der Waals surface area contributed by atoms with Crippen LogP contribution in [0.25, 0.3) is 0 Å². The summed E-state index contributed by atoms with van der Waals surface area (Å²) < 4.78 is 9.91. The molecule has 0 saturated carbocycles. The third kappa shape index (κ3) is 4.00. The molecule has 88 valence electrons. The first-order valence-electron chi connectivity index (χ1n) is 5.23. The van der Waals surface area contributed by atoms with E-state index >= 15 is 0 Å². The number of ether oxygens (including phenoxy) is 2. The average molecular weight is 223 g/mol. The zero-order chi connectivity index (χ0) is 11.8. The molecule has 0 amide bonds. The van der Waals surface area contributed by atoms with Gasteiger partial charge in [-0.15, -0.1) is 0 Å². The molecule has 0 spiro atoms. The SMILES string of the molecule is COCCCOC(=O)c1ccc(CN)cc1. The Morgan fingerprint density at radius 1 is 1.25 bits per heavy atom. The molecule has 1 aromatic rings. The van der Waals surface area contributed by atoms with E-state index in [9.17, 15) is 4.79 Å². The van der Waals surface area contributed by atoms with E-state index in [0.29, 0.717) is 31.7 Å². The number of methoxy groups -OCH3 is 1. The van der Waals surface area contributed by atoms with Crippen LogP contribution in [-0.2, 0) is 16.0 Å². The van der Waals surface area contributed by atoms with E-state index in [0.717, 1.165) is 5.56 Å². The van der Waals surface area contributed by atoms with Crippen LogP contribution in [0.1, 0.15) is 22.3 Å². The highest BCUT2D eigenvalue weighted by atomic mass is 16.5. The topological polar surface area (TPSA) is 61.5 Å². The van der Waals surface area contributed by atoms with Crippen molar-refractivity contribution in [2.24, 2.45) is 5.73 Å². The maximum Gasteiger partial charge on any atom is 0.338 e. The number of hydrogen-bond acceptors (Lipinski definition) is 4. The first-order chi connectivity index (χ1) is 7.77. The largest absolute Gasteiger partial charge is 0.462 e. The van der Waals surface area contributed by atoms with Crippen molar-refractivity contribution >= 4 is 5.97 Å². The molecule has 0 unspecified atom stereocenters. The number of esters is 1. The number of carbonyl (C=O) groups excluding carboxylic acids is 1. The van der Waals surface area contributed by atoms with Crippen molar-refractivity contribution in [1.29, 1.82) is 0 Å². The Balaban J connectivity index is 2.40. The fourth-order valence-corrected chi connectivity index (χ4v) is 1.23. The van der Waals surface area contributed by atoms with Crippen LogP contribution < -0.4 is 5.73 Å². The van der Waals surface area contributed by atoms with E-state index in [1.165, 1.54) is 0 Å². The van der Waals surface area contributed by atoms with E-state index in [-0.39, 0.29) is 5.97 Å². The molecule has 0 bridgehead atoms. The Morgan fingerprint density at radius 3 is 2.50 bits per heavy atom. The van der Waals surface area contributed by atoms with Gasteiger partial charge in [-0.25, -0.2) is 4.79 Å². The second-order valence-electron chi connectivity index (χ2n) is 3.38. The van der Waals surface area contributed by atoms with Crippen LogP contribution in [-0.4, -0.2) is 26.3 Å². The smallest absolute Gasteiger partial charge is 0.338 e. The van der Waals surface area contributed by atoms with Crippen molar-refractivity contribution in [2.75, 3.05) is 20.3 Å². The number of nitrogens with two attached hydrogens (primary N) is 1. The highest BCUT2D eigenvalue weighted by Crippen LogP contribution is 2.05. The summed E-state index contributed by atoms with van der Waals surface area (Å²) in [6.45, 7) is 1.45. The molecule has 0 radical (unpaired) electrons. The zero-order valence-electron chi connectivity index (χ0n) is 9.44. The van der Waals surface area contributed by atoms with Crippen molar-refractivity contribution < 1.29 is 14.3 Å². The molecule has 0 aromatic heterocycles. The fraction of sp³-hybridized carbons (Fsp3) is 0.417. The van der Waals surface area contributed by atoms with Crippen molar-refractivity contribution in [3.8, 4) is 0 Å². The summed E-state index contributed by atoms with van der Waals surface area (Å²) in [4.78, 5) is 11.5. The van der Waals surface area contributed by atoms with E-state index in [1.807, 2.05) is 12.1 Å². The maximum atomic E-state index is 11.5. The third-order valence-electron chi connectivity index (χ3n) is 2.15. The minimum Gasteiger partial charge on any atom is -0.462 e. The summed E-state index contributed by atoms with van der Waals surface area (Å²) in [5.41, 5.74) is 7.01. The Hall–Kier alpha value is -1.39. The molecule has 0 aliphatic rings. The Morgan fingerprint density at radius 2 is 1.94 bits per heavy atom. The molecule has 0 atom stereocenters. The average Bonchev–Trinajstić information content (AvgIpc) is 2.34. The van der Waals surface area contributed by atoms with Crippen LogP contribution in [0.3, 0.4) is 0 Å². The van der Waals surface area contributed by atoms with E-state index < -0.39 is 0 Å².